The molecule has 0 atom stereocenters. The molecule has 3 nitrogen and oxygen atoms in total. The topological polar surface area (TPSA) is 15.7 Å². The van der Waals surface area contributed by atoms with E-state index in [1.54, 1.807) is 0 Å². The van der Waals surface area contributed by atoms with E-state index in [2.05, 4.69) is 104 Å². The summed E-state index contributed by atoms with van der Waals surface area (Å²) in [6, 6.07) is 24.3. The first-order valence-corrected chi connectivity index (χ1v) is 13.0. The Bertz CT molecular complexity index is 993. The minimum Gasteiger partial charge on any atom is -0.493 e. The highest BCUT2D eigenvalue weighted by Gasteiger charge is 2.30. The van der Waals surface area contributed by atoms with E-state index in [0.717, 1.165) is 31.4 Å². The predicted octanol–water partition coefficient (Wildman–Crippen LogP) is 6.44. The molecule has 1 aliphatic rings. The van der Waals surface area contributed by atoms with Crippen LogP contribution in [0, 0.1) is 13.8 Å². The number of anilines is 2. The fourth-order valence-electron chi connectivity index (χ4n) is 4.25. The molecule has 0 unspecified atom stereocenters. The minimum atomic E-state index is -0.494. The van der Waals surface area contributed by atoms with Crippen molar-refractivity contribution >= 4 is 24.6 Å². The molecule has 166 valence electrons. The molecule has 0 aromatic heterocycles. The summed E-state index contributed by atoms with van der Waals surface area (Å²) in [7, 11) is -0.494. The first-order valence-electron chi connectivity index (χ1n) is 11.3. The number of rotatable bonds is 7. The third-order valence-electron chi connectivity index (χ3n) is 5.89. The Morgan fingerprint density at radius 2 is 1.44 bits per heavy atom. The zero-order valence-corrected chi connectivity index (χ0v) is 20.3. The molecule has 0 bridgehead atoms. The number of nitrogens with zero attached hydrogens (tertiary/aromatic N) is 2. The van der Waals surface area contributed by atoms with E-state index < -0.39 is 7.92 Å². The molecule has 0 N–H and O–H groups in total. The van der Waals surface area contributed by atoms with Crippen molar-refractivity contribution in [1.29, 1.82) is 0 Å². The molecule has 1 fully saturated rings. The summed E-state index contributed by atoms with van der Waals surface area (Å²) in [5.41, 5.74) is 6.47. The largest absolute Gasteiger partial charge is 0.493 e. The molecule has 0 aliphatic carbocycles. The number of hydrogen-bond acceptors (Lipinski definition) is 3. The number of allylic oxidation sites excluding steroid dienone is 1. The van der Waals surface area contributed by atoms with Gasteiger partial charge >= 0.3 is 0 Å². The SMILES string of the molecule is C=CCc1cccc(OCC)c1P1CN(c2ccc(C)cc2)CN(c2ccc(C)cc2)C1. The van der Waals surface area contributed by atoms with Crippen LogP contribution in [0.3, 0.4) is 0 Å². The monoisotopic (exact) mass is 444 g/mol. The molecule has 1 saturated heterocycles. The van der Waals surface area contributed by atoms with E-state index in [-0.39, 0.29) is 0 Å². The van der Waals surface area contributed by atoms with Gasteiger partial charge in [-0.3, -0.25) is 0 Å². The summed E-state index contributed by atoms with van der Waals surface area (Å²) in [6.45, 7) is 11.9. The average molecular weight is 445 g/mol. The molecule has 0 radical (unpaired) electrons. The maximum atomic E-state index is 6.14. The molecule has 1 aliphatic heterocycles. The van der Waals surface area contributed by atoms with Crippen molar-refractivity contribution in [3.8, 4) is 5.75 Å². The lowest BCUT2D eigenvalue weighted by molar-refractivity contribution is 0.343. The van der Waals surface area contributed by atoms with Crippen molar-refractivity contribution in [2.24, 2.45) is 0 Å². The van der Waals surface area contributed by atoms with E-state index in [1.807, 2.05) is 6.08 Å². The Kier molecular flexibility index (Phi) is 7.17. The second kappa shape index (κ2) is 10.2. The number of ether oxygens (including phenoxy) is 1. The van der Waals surface area contributed by atoms with E-state index in [0.29, 0.717) is 6.61 Å². The lowest BCUT2D eigenvalue weighted by Gasteiger charge is -2.43. The van der Waals surface area contributed by atoms with Crippen molar-refractivity contribution in [2.45, 2.75) is 27.2 Å². The van der Waals surface area contributed by atoms with E-state index in [4.69, 9.17) is 4.74 Å². The van der Waals surface area contributed by atoms with Gasteiger partial charge in [0.1, 0.15) is 5.75 Å². The molecule has 4 heteroatoms. The molecule has 32 heavy (non-hydrogen) atoms. The third kappa shape index (κ3) is 5.00. The van der Waals surface area contributed by atoms with Crippen LogP contribution in [0.5, 0.6) is 5.75 Å². The van der Waals surface area contributed by atoms with Gasteiger partial charge in [-0.2, -0.15) is 0 Å². The van der Waals surface area contributed by atoms with E-state index in [9.17, 15) is 0 Å². The van der Waals surface area contributed by atoms with Crippen LogP contribution in [0.1, 0.15) is 23.6 Å². The zero-order chi connectivity index (χ0) is 22.5. The van der Waals surface area contributed by atoms with Crippen molar-refractivity contribution < 1.29 is 4.74 Å². The summed E-state index contributed by atoms with van der Waals surface area (Å²) in [6.07, 6.45) is 4.91. The van der Waals surface area contributed by atoms with Crippen LogP contribution >= 0.6 is 7.92 Å². The lowest BCUT2D eigenvalue weighted by atomic mass is 10.1. The Labute approximate surface area is 194 Å². The van der Waals surface area contributed by atoms with Crippen LogP contribution in [-0.2, 0) is 6.42 Å². The smallest absolute Gasteiger partial charge is 0.127 e. The van der Waals surface area contributed by atoms with Crippen LogP contribution in [0.4, 0.5) is 11.4 Å². The molecular formula is C28H33N2OP. The van der Waals surface area contributed by atoms with Gasteiger partial charge in [-0.1, -0.05) is 53.6 Å². The highest BCUT2D eigenvalue weighted by Crippen LogP contribution is 2.45. The molecule has 3 aromatic carbocycles. The molecule has 0 amide bonds. The summed E-state index contributed by atoms with van der Waals surface area (Å²) < 4.78 is 6.14. The van der Waals surface area contributed by atoms with Crippen LogP contribution in [0.15, 0.2) is 79.4 Å². The Morgan fingerprint density at radius 3 is 1.94 bits per heavy atom. The number of benzene rings is 3. The molecule has 4 rings (SSSR count). The van der Waals surface area contributed by atoms with Gasteiger partial charge < -0.3 is 14.5 Å². The Hall–Kier alpha value is -2.77. The van der Waals surface area contributed by atoms with Crippen molar-refractivity contribution in [3.63, 3.8) is 0 Å². The first kappa shape index (κ1) is 22.4. The highest BCUT2D eigenvalue weighted by molar-refractivity contribution is 7.66. The van der Waals surface area contributed by atoms with Gasteiger partial charge in [-0.25, -0.2) is 0 Å². The van der Waals surface area contributed by atoms with Crippen molar-refractivity contribution in [1.82, 2.24) is 0 Å². The lowest BCUT2D eigenvalue weighted by Crippen LogP contribution is -2.45. The normalized spacial score (nSPS) is 14.5. The fraction of sp³-hybridized carbons (Fsp3) is 0.286. The van der Waals surface area contributed by atoms with Crippen molar-refractivity contribution in [3.05, 3.63) is 96.1 Å². The molecule has 0 spiro atoms. The fourth-order valence-corrected chi connectivity index (χ4v) is 6.98. The second-order valence-corrected chi connectivity index (χ2v) is 10.5. The zero-order valence-electron chi connectivity index (χ0n) is 19.4. The van der Waals surface area contributed by atoms with Crippen LogP contribution in [-0.4, -0.2) is 25.8 Å². The predicted molar refractivity (Wildman–Crippen MR) is 140 cm³/mol. The first-order chi connectivity index (χ1) is 15.6. The maximum absolute atomic E-state index is 6.14. The molecule has 1 heterocycles. The van der Waals surface area contributed by atoms with Gasteiger partial charge in [0.15, 0.2) is 0 Å². The van der Waals surface area contributed by atoms with Crippen LogP contribution in [0.25, 0.3) is 0 Å². The standard InChI is InChI=1S/C28H33N2OP/c1-5-8-24-9-7-10-27(31-6-2)28(24)32-20-29(25-15-11-22(3)12-16-25)19-30(21-32)26-17-13-23(4)14-18-26/h5,7,9-18H,1,6,8,19-21H2,2-4H3. The summed E-state index contributed by atoms with van der Waals surface area (Å²) >= 11 is 0. The van der Waals surface area contributed by atoms with E-state index in [1.165, 1.54) is 33.4 Å². The van der Waals surface area contributed by atoms with Gasteiger partial charge in [0.05, 0.1) is 13.3 Å². The van der Waals surface area contributed by atoms with Crippen molar-refractivity contribution in [2.75, 3.05) is 35.6 Å². The van der Waals surface area contributed by atoms with Gasteiger partial charge in [0, 0.05) is 29.3 Å². The Balaban J connectivity index is 1.76. The summed E-state index contributed by atoms with van der Waals surface area (Å²) in [4.78, 5) is 5.05. The summed E-state index contributed by atoms with van der Waals surface area (Å²) in [5.74, 6) is 1.03. The minimum absolute atomic E-state index is 0.494. The molecule has 0 saturated carbocycles. The quantitative estimate of drug-likeness (QED) is 0.308. The summed E-state index contributed by atoms with van der Waals surface area (Å²) in [5, 5.41) is 1.39. The van der Waals surface area contributed by atoms with Crippen LogP contribution in [0.2, 0.25) is 0 Å². The number of hydrogen-bond donors (Lipinski definition) is 0. The van der Waals surface area contributed by atoms with Gasteiger partial charge in [0.25, 0.3) is 0 Å². The highest BCUT2D eigenvalue weighted by atomic mass is 31.1. The van der Waals surface area contributed by atoms with Gasteiger partial charge in [-0.05, 0) is 71.0 Å². The maximum Gasteiger partial charge on any atom is 0.127 e. The van der Waals surface area contributed by atoms with Gasteiger partial charge in [0.2, 0.25) is 0 Å². The Morgan fingerprint density at radius 1 is 0.875 bits per heavy atom. The molecular weight excluding hydrogens is 411 g/mol. The second-order valence-electron chi connectivity index (χ2n) is 8.40. The van der Waals surface area contributed by atoms with Crippen LogP contribution < -0.4 is 19.8 Å². The third-order valence-corrected chi connectivity index (χ3v) is 8.39. The average Bonchev–Trinajstić information content (AvgIpc) is 2.80. The van der Waals surface area contributed by atoms with E-state index >= 15 is 0 Å². The van der Waals surface area contributed by atoms with Gasteiger partial charge in [-0.15, -0.1) is 6.58 Å². The number of aryl methyl sites for hydroxylation is 2. The molecule has 3 aromatic rings.